The zero-order valence-corrected chi connectivity index (χ0v) is 9.41. The summed E-state index contributed by atoms with van der Waals surface area (Å²) in [4.78, 5) is 4.06. The van der Waals surface area contributed by atoms with Crippen molar-refractivity contribution in [3.63, 3.8) is 0 Å². The van der Waals surface area contributed by atoms with E-state index in [0.29, 0.717) is 16.7 Å². The largest absolute Gasteiger partial charge is 0.399 e. The number of rotatable bonds is 3. The highest BCUT2D eigenvalue weighted by molar-refractivity contribution is 5.79. The molecule has 0 saturated heterocycles. The molecule has 4 nitrogen and oxygen atoms in total. The number of nitrogen functional groups attached to an aromatic ring is 1. The number of halogens is 3. The Labute approximate surface area is 101 Å². The Hall–Kier alpha value is -1.76. The fourth-order valence-electron chi connectivity index (χ4n) is 1.81. The summed E-state index contributed by atoms with van der Waals surface area (Å²) in [7, 11) is 0. The number of hydrogen-bond acceptors (Lipinski definition) is 3. The molecule has 0 unspecified atom stereocenters. The summed E-state index contributed by atoms with van der Waals surface area (Å²) in [6, 6.07) is 4.76. The van der Waals surface area contributed by atoms with Crippen molar-refractivity contribution < 1.29 is 18.3 Å². The fourth-order valence-corrected chi connectivity index (χ4v) is 1.81. The average molecular weight is 259 g/mol. The van der Waals surface area contributed by atoms with Gasteiger partial charge in [-0.1, -0.05) is 0 Å². The molecule has 0 bridgehead atoms. The number of aryl methyl sites for hydroxylation is 1. The molecular weight excluding hydrogens is 247 g/mol. The Morgan fingerprint density at radius 1 is 1.33 bits per heavy atom. The van der Waals surface area contributed by atoms with Crippen LogP contribution in [-0.2, 0) is 13.2 Å². The first kappa shape index (κ1) is 12.7. The number of nitrogens with zero attached hydrogens (tertiary/aromatic N) is 2. The smallest absolute Gasteiger partial charge is 0.390 e. The Morgan fingerprint density at radius 3 is 2.67 bits per heavy atom. The lowest BCUT2D eigenvalue weighted by Crippen LogP contribution is -2.14. The summed E-state index contributed by atoms with van der Waals surface area (Å²) in [5.74, 6) is 0.208. The number of aliphatic hydroxyl groups is 1. The van der Waals surface area contributed by atoms with E-state index in [0.717, 1.165) is 0 Å². The van der Waals surface area contributed by atoms with E-state index in [1.165, 1.54) is 4.57 Å². The zero-order chi connectivity index (χ0) is 13.3. The number of aliphatic hydroxyl groups excluding tert-OH is 1. The maximum Gasteiger partial charge on any atom is 0.390 e. The van der Waals surface area contributed by atoms with Gasteiger partial charge in [0, 0.05) is 12.2 Å². The van der Waals surface area contributed by atoms with Crippen molar-refractivity contribution in [2.24, 2.45) is 0 Å². The highest BCUT2D eigenvalue weighted by atomic mass is 19.4. The lowest BCUT2D eigenvalue weighted by Gasteiger charge is -2.10. The van der Waals surface area contributed by atoms with Crippen molar-refractivity contribution >= 4 is 16.7 Å². The molecule has 1 heterocycles. The van der Waals surface area contributed by atoms with Gasteiger partial charge in [0.2, 0.25) is 0 Å². The first-order valence-corrected chi connectivity index (χ1v) is 5.33. The number of imidazole rings is 1. The first-order chi connectivity index (χ1) is 8.40. The minimum absolute atomic E-state index is 0.208. The van der Waals surface area contributed by atoms with Crippen LogP contribution >= 0.6 is 0 Å². The van der Waals surface area contributed by atoms with Gasteiger partial charge >= 0.3 is 6.18 Å². The zero-order valence-electron chi connectivity index (χ0n) is 9.41. The lowest BCUT2D eigenvalue weighted by molar-refractivity contribution is -0.136. The van der Waals surface area contributed by atoms with Gasteiger partial charge in [0.05, 0.1) is 17.5 Å². The molecule has 0 saturated carbocycles. The van der Waals surface area contributed by atoms with Crippen molar-refractivity contribution in [3.8, 4) is 0 Å². The summed E-state index contributed by atoms with van der Waals surface area (Å²) < 4.78 is 38.1. The number of anilines is 1. The molecule has 7 heteroatoms. The number of hydrogen-bond donors (Lipinski definition) is 2. The molecule has 1 aromatic carbocycles. The van der Waals surface area contributed by atoms with Crippen LogP contribution in [-0.4, -0.2) is 20.8 Å². The highest BCUT2D eigenvalue weighted by Crippen LogP contribution is 2.24. The van der Waals surface area contributed by atoms with Gasteiger partial charge in [-0.15, -0.1) is 0 Å². The number of fused-ring (bicyclic) bond motifs is 1. The van der Waals surface area contributed by atoms with Gasteiger partial charge in [-0.3, -0.25) is 0 Å². The molecule has 0 radical (unpaired) electrons. The quantitative estimate of drug-likeness (QED) is 0.829. The van der Waals surface area contributed by atoms with Crippen LogP contribution < -0.4 is 5.73 Å². The van der Waals surface area contributed by atoms with Crippen LogP contribution in [0.5, 0.6) is 0 Å². The van der Waals surface area contributed by atoms with Crippen LogP contribution in [0.25, 0.3) is 11.0 Å². The van der Waals surface area contributed by atoms with Crippen molar-refractivity contribution in [3.05, 3.63) is 24.0 Å². The van der Waals surface area contributed by atoms with Crippen molar-refractivity contribution in [1.29, 1.82) is 0 Å². The molecule has 18 heavy (non-hydrogen) atoms. The third kappa shape index (κ3) is 2.56. The molecule has 0 aliphatic carbocycles. The predicted molar refractivity (Wildman–Crippen MR) is 60.7 cm³/mol. The molecule has 0 spiro atoms. The van der Waals surface area contributed by atoms with Crippen molar-refractivity contribution in [1.82, 2.24) is 9.55 Å². The van der Waals surface area contributed by atoms with Crippen LogP contribution in [0.2, 0.25) is 0 Å². The molecule has 3 N–H and O–H groups in total. The fraction of sp³-hybridized carbons (Fsp3) is 0.364. The van der Waals surface area contributed by atoms with E-state index in [1.54, 1.807) is 18.2 Å². The molecule has 1 aromatic heterocycles. The number of alkyl halides is 3. The summed E-state index contributed by atoms with van der Waals surface area (Å²) in [5, 5.41) is 9.12. The van der Waals surface area contributed by atoms with E-state index >= 15 is 0 Å². The third-order valence-corrected chi connectivity index (χ3v) is 2.61. The molecule has 0 atom stereocenters. The van der Waals surface area contributed by atoms with Crippen LogP contribution in [0.3, 0.4) is 0 Å². The van der Waals surface area contributed by atoms with E-state index in [1.807, 2.05) is 0 Å². The SMILES string of the molecule is Nc1ccc2c(c1)nc(CO)n2CCC(F)(F)F. The standard InChI is InChI=1S/C11H12F3N3O/c12-11(13,14)3-4-17-9-2-1-7(15)5-8(9)16-10(17)6-18/h1-2,5,18H,3-4,6,15H2. The van der Waals surface area contributed by atoms with E-state index in [2.05, 4.69) is 4.98 Å². The van der Waals surface area contributed by atoms with Crippen LogP contribution in [0.15, 0.2) is 18.2 Å². The normalized spacial score (nSPS) is 12.2. The molecule has 0 aliphatic heterocycles. The Kier molecular flexibility index (Phi) is 3.16. The highest BCUT2D eigenvalue weighted by Gasteiger charge is 2.27. The minimum Gasteiger partial charge on any atom is -0.399 e. The van der Waals surface area contributed by atoms with Crippen LogP contribution in [0.1, 0.15) is 12.2 Å². The summed E-state index contributed by atoms with van der Waals surface area (Å²) in [6.07, 6.45) is -5.20. The second-order valence-corrected chi connectivity index (χ2v) is 3.95. The van der Waals surface area contributed by atoms with E-state index in [9.17, 15) is 13.2 Å². The predicted octanol–water partition coefficient (Wildman–Crippen LogP) is 2.06. The maximum absolute atomic E-state index is 12.2. The molecule has 0 aliphatic rings. The average Bonchev–Trinajstić information content (AvgIpc) is 2.62. The summed E-state index contributed by atoms with van der Waals surface area (Å²) in [6.45, 7) is -0.674. The van der Waals surface area contributed by atoms with Gasteiger partial charge in [-0.2, -0.15) is 13.2 Å². The van der Waals surface area contributed by atoms with Crippen LogP contribution in [0, 0.1) is 0 Å². The van der Waals surface area contributed by atoms with Gasteiger partial charge in [0.15, 0.2) is 0 Å². The van der Waals surface area contributed by atoms with Crippen LogP contribution in [0.4, 0.5) is 18.9 Å². The van der Waals surface area contributed by atoms with Gasteiger partial charge in [0.1, 0.15) is 12.4 Å². The van der Waals surface area contributed by atoms with E-state index in [4.69, 9.17) is 10.8 Å². The monoisotopic (exact) mass is 259 g/mol. The number of nitrogens with two attached hydrogens (primary N) is 1. The van der Waals surface area contributed by atoms with Crippen molar-refractivity contribution in [2.45, 2.75) is 25.7 Å². The van der Waals surface area contributed by atoms with E-state index < -0.39 is 19.2 Å². The van der Waals surface area contributed by atoms with Gasteiger partial charge in [-0.05, 0) is 18.2 Å². The molecule has 0 fully saturated rings. The topological polar surface area (TPSA) is 64.1 Å². The Bertz CT molecular complexity index is 562. The molecule has 98 valence electrons. The summed E-state index contributed by atoms with van der Waals surface area (Å²) in [5.41, 5.74) is 7.08. The summed E-state index contributed by atoms with van der Waals surface area (Å²) >= 11 is 0. The van der Waals surface area contributed by atoms with Gasteiger partial charge < -0.3 is 15.4 Å². The van der Waals surface area contributed by atoms with Gasteiger partial charge in [0.25, 0.3) is 0 Å². The molecule has 2 rings (SSSR count). The molecule has 2 aromatic rings. The molecular formula is C11H12F3N3O. The maximum atomic E-state index is 12.2. The number of benzene rings is 1. The first-order valence-electron chi connectivity index (χ1n) is 5.33. The Morgan fingerprint density at radius 2 is 2.06 bits per heavy atom. The van der Waals surface area contributed by atoms with Gasteiger partial charge in [-0.25, -0.2) is 4.98 Å². The second-order valence-electron chi connectivity index (χ2n) is 3.95. The van der Waals surface area contributed by atoms with E-state index in [-0.39, 0.29) is 12.4 Å². The minimum atomic E-state index is -4.24. The lowest BCUT2D eigenvalue weighted by atomic mass is 10.3. The van der Waals surface area contributed by atoms with Crippen molar-refractivity contribution in [2.75, 3.05) is 5.73 Å². The Balaban J connectivity index is 2.41. The number of aromatic nitrogens is 2. The second kappa shape index (κ2) is 4.49. The third-order valence-electron chi connectivity index (χ3n) is 2.61. The molecule has 0 amide bonds.